The van der Waals surface area contributed by atoms with Crippen molar-refractivity contribution < 1.29 is 24.2 Å². The van der Waals surface area contributed by atoms with Crippen molar-refractivity contribution >= 4 is 39.3 Å². The highest BCUT2D eigenvalue weighted by molar-refractivity contribution is 9.09. The molecule has 0 aromatic heterocycles. The third kappa shape index (κ3) is 4.73. The normalized spacial score (nSPS) is 28.4. The number of aliphatic hydroxyl groups excluding tert-OH is 1. The van der Waals surface area contributed by atoms with Gasteiger partial charge in [0.15, 0.2) is 0 Å². The number of rotatable bonds is 8. The lowest BCUT2D eigenvalue weighted by atomic mass is 9.70. The highest BCUT2D eigenvalue weighted by atomic mass is 79.9. The lowest BCUT2D eigenvalue weighted by molar-refractivity contribution is -0.144. The van der Waals surface area contributed by atoms with Crippen LogP contribution >= 0.6 is 15.9 Å². The lowest BCUT2D eigenvalue weighted by Crippen LogP contribution is -2.55. The van der Waals surface area contributed by atoms with Crippen molar-refractivity contribution in [2.45, 2.75) is 55.4 Å². The number of carbonyl (C=O) groups is 3. The SMILES string of the molecule is Cc1ccc(C)c(NC(=O)C2N([C@H](CO)c3ccccc3)C(=O)[C@@H]3[C@@H](C(=O)NCc4ccccc4)[C@@H]4OC23CC4Br)c1. The summed E-state index contributed by atoms with van der Waals surface area (Å²) in [6.07, 6.45) is -0.192. The number of amides is 3. The van der Waals surface area contributed by atoms with E-state index in [1.807, 2.05) is 92.7 Å². The first-order valence-electron chi connectivity index (χ1n) is 14.2. The summed E-state index contributed by atoms with van der Waals surface area (Å²) in [5.41, 5.74) is 2.91. The number of nitrogens with one attached hydrogen (secondary N) is 2. The molecular weight excluding hydrogens is 598 g/mol. The first-order chi connectivity index (χ1) is 20.2. The van der Waals surface area contributed by atoms with Crippen LogP contribution in [0.1, 0.15) is 34.7 Å². The molecule has 42 heavy (non-hydrogen) atoms. The van der Waals surface area contributed by atoms with Crippen molar-refractivity contribution in [1.29, 1.82) is 0 Å². The maximum atomic E-state index is 14.5. The zero-order valence-electron chi connectivity index (χ0n) is 23.5. The van der Waals surface area contributed by atoms with Crippen LogP contribution in [-0.4, -0.2) is 56.9 Å². The molecule has 218 valence electrons. The maximum Gasteiger partial charge on any atom is 0.250 e. The molecule has 7 atom stereocenters. The van der Waals surface area contributed by atoms with E-state index >= 15 is 0 Å². The third-order valence-electron chi connectivity index (χ3n) is 8.93. The van der Waals surface area contributed by atoms with Crippen LogP contribution in [0.25, 0.3) is 0 Å². The predicted octanol–water partition coefficient (Wildman–Crippen LogP) is 4.04. The van der Waals surface area contributed by atoms with Crippen LogP contribution in [0.3, 0.4) is 0 Å². The molecule has 3 amide bonds. The van der Waals surface area contributed by atoms with Gasteiger partial charge in [-0.25, -0.2) is 0 Å². The van der Waals surface area contributed by atoms with Crippen LogP contribution in [0.4, 0.5) is 5.69 Å². The molecule has 1 spiro atoms. The number of aryl methyl sites for hydroxylation is 2. The second kappa shape index (κ2) is 11.3. The minimum Gasteiger partial charge on any atom is -0.394 e. The Hall–Kier alpha value is -3.53. The number of fused-ring (bicyclic) bond motifs is 1. The van der Waals surface area contributed by atoms with Crippen LogP contribution in [0, 0.1) is 25.7 Å². The Morgan fingerprint density at radius 1 is 1.05 bits per heavy atom. The molecule has 3 aliphatic rings. The van der Waals surface area contributed by atoms with Gasteiger partial charge in [-0.1, -0.05) is 88.7 Å². The molecular formula is C33H34BrN3O5. The average molecular weight is 633 g/mol. The smallest absolute Gasteiger partial charge is 0.250 e. The first-order valence-corrected chi connectivity index (χ1v) is 15.2. The number of ether oxygens (including phenoxy) is 1. The average Bonchev–Trinajstić information content (AvgIpc) is 3.59. The highest BCUT2D eigenvalue weighted by Crippen LogP contribution is 2.61. The monoisotopic (exact) mass is 631 g/mol. The molecule has 3 heterocycles. The standard InChI is InChI=1S/C33H34BrN3O5/c1-19-13-14-20(2)24(15-19)36-31(40)29-33-16-23(34)28(42-33)26(30(39)35-17-21-9-5-3-6-10-21)27(33)32(41)37(29)25(18-38)22-11-7-4-8-12-22/h3-15,23,25-29,38H,16-18H2,1-2H3,(H,35,39)(H,36,40)/t23?,25-,26-,27+,28-,29?,33?/m1/s1. The number of carbonyl (C=O) groups excluding carboxylic acids is 3. The van der Waals surface area contributed by atoms with Crippen molar-refractivity contribution in [1.82, 2.24) is 10.2 Å². The molecule has 3 unspecified atom stereocenters. The Morgan fingerprint density at radius 3 is 2.43 bits per heavy atom. The third-order valence-corrected chi connectivity index (χ3v) is 9.78. The van der Waals surface area contributed by atoms with Crippen molar-refractivity contribution in [3.63, 3.8) is 0 Å². The van der Waals surface area contributed by atoms with E-state index in [-0.39, 0.29) is 16.6 Å². The Labute approximate surface area is 253 Å². The van der Waals surface area contributed by atoms with E-state index in [9.17, 15) is 19.5 Å². The number of hydrogen-bond acceptors (Lipinski definition) is 5. The maximum absolute atomic E-state index is 14.5. The first kappa shape index (κ1) is 28.6. The van der Waals surface area contributed by atoms with E-state index in [1.165, 1.54) is 4.90 Å². The van der Waals surface area contributed by atoms with E-state index in [4.69, 9.17) is 4.74 Å². The van der Waals surface area contributed by atoms with Crippen LogP contribution in [0.15, 0.2) is 78.9 Å². The van der Waals surface area contributed by atoms with Gasteiger partial charge in [-0.3, -0.25) is 14.4 Å². The van der Waals surface area contributed by atoms with Gasteiger partial charge in [-0.05, 0) is 48.6 Å². The summed E-state index contributed by atoms with van der Waals surface area (Å²) in [7, 11) is 0. The van der Waals surface area contributed by atoms with Crippen LogP contribution in [-0.2, 0) is 25.7 Å². The molecule has 3 N–H and O–H groups in total. The molecule has 0 saturated carbocycles. The van der Waals surface area contributed by atoms with Gasteiger partial charge in [0.2, 0.25) is 17.7 Å². The number of anilines is 1. The quantitative estimate of drug-likeness (QED) is 0.325. The number of halogens is 1. The zero-order valence-corrected chi connectivity index (χ0v) is 25.1. The van der Waals surface area contributed by atoms with Gasteiger partial charge in [0.25, 0.3) is 0 Å². The van der Waals surface area contributed by atoms with E-state index in [0.29, 0.717) is 24.2 Å². The van der Waals surface area contributed by atoms with Gasteiger partial charge in [-0.15, -0.1) is 0 Å². The predicted molar refractivity (Wildman–Crippen MR) is 162 cm³/mol. The van der Waals surface area contributed by atoms with Crippen molar-refractivity contribution in [2.75, 3.05) is 11.9 Å². The summed E-state index contributed by atoms with van der Waals surface area (Å²) in [5.74, 6) is -2.72. The molecule has 0 radical (unpaired) electrons. The molecule has 6 rings (SSSR count). The van der Waals surface area contributed by atoms with Crippen molar-refractivity contribution in [3.8, 4) is 0 Å². The Kier molecular flexibility index (Phi) is 7.68. The fourth-order valence-electron chi connectivity index (χ4n) is 7.01. The summed E-state index contributed by atoms with van der Waals surface area (Å²) in [6.45, 7) is 3.78. The van der Waals surface area contributed by atoms with E-state index in [0.717, 1.165) is 16.7 Å². The van der Waals surface area contributed by atoms with E-state index in [1.54, 1.807) is 0 Å². The van der Waals surface area contributed by atoms with Crippen LogP contribution in [0.2, 0.25) is 0 Å². The van der Waals surface area contributed by atoms with Crippen LogP contribution in [0.5, 0.6) is 0 Å². The van der Waals surface area contributed by atoms with Crippen molar-refractivity contribution in [3.05, 3.63) is 101 Å². The molecule has 3 aromatic carbocycles. The van der Waals surface area contributed by atoms with Gasteiger partial charge < -0.3 is 25.4 Å². The minimum atomic E-state index is -1.24. The lowest BCUT2D eigenvalue weighted by Gasteiger charge is -2.37. The summed E-state index contributed by atoms with van der Waals surface area (Å²) in [4.78, 5) is 43.8. The number of nitrogens with zero attached hydrogens (tertiary/aromatic N) is 1. The minimum absolute atomic E-state index is 0.228. The Morgan fingerprint density at radius 2 is 1.74 bits per heavy atom. The number of likely N-dealkylation sites (tertiary alicyclic amines) is 1. The topological polar surface area (TPSA) is 108 Å². The van der Waals surface area contributed by atoms with Crippen molar-refractivity contribution in [2.24, 2.45) is 11.8 Å². The molecule has 9 heteroatoms. The number of aliphatic hydroxyl groups is 1. The second-order valence-corrected chi connectivity index (χ2v) is 12.7. The van der Waals surface area contributed by atoms with Gasteiger partial charge in [0, 0.05) is 17.1 Å². The fourth-order valence-corrected chi connectivity index (χ4v) is 7.95. The number of alkyl halides is 1. The summed E-state index contributed by atoms with van der Waals surface area (Å²) in [5, 5.41) is 16.7. The Bertz CT molecular complexity index is 1500. The summed E-state index contributed by atoms with van der Waals surface area (Å²) < 4.78 is 6.63. The van der Waals surface area contributed by atoms with Crippen LogP contribution < -0.4 is 10.6 Å². The number of benzene rings is 3. The highest BCUT2D eigenvalue weighted by Gasteiger charge is 2.77. The molecule has 0 aliphatic carbocycles. The van der Waals surface area contributed by atoms with E-state index < -0.39 is 48.1 Å². The van der Waals surface area contributed by atoms with Gasteiger partial charge >= 0.3 is 0 Å². The van der Waals surface area contributed by atoms with Gasteiger partial charge in [0.05, 0.1) is 30.6 Å². The summed E-state index contributed by atoms with van der Waals surface area (Å²) in [6, 6.07) is 22.7. The zero-order chi connectivity index (χ0) is 29.6. The molecule has 3 aliphatic heterocycles. The molecule has 3 aromatic rings. The second-order valence-electron chi connectivity index (χ2n) is 11.5. The Balaban J connectivity index is 1.39. The molecule has 8 nitrogen and oxygen atoms in total. The van der Waals surface area contributed by atoms with E-state index in [2.05, 4.69) is 26.6 Å². The molecule has 3 fully saturated rings. The number of hydrogen-bond donors (Lipinski definition) is 3. The van der Waals surface area contributed by atoms with Gasteiger partial charge in [-0.2, -0.15) is 0 Å². The fraction of sp³-hybridized carbons (Fsp3) is 0.364. The molecule has 2 bridgehead atoms. The summed E-state index contributed by atoms with van der Waals surface area (Å²) >= 11 is 3.72. The van der Waals surface area contributed by atoms with Gasteiger partial charge in [0.1, 0.15) is 11.6 Å². The molecule has 3 saturated heterocycles. The largest absolute Gasteiger partial charge is 0.394 e.